The molecule has 0 aliphatic heterocycles. The maximum Gasteiger partial charge on any atom is 2.00 e. The Morgan fingerprint density at radius 3 is 2.12 bits per heavy atom. The van der Waals surface area contributed by atoms with Gasteiger partial charge in [-0.05, 0) is 13.3 Å². The molecule has 0 radical (unpaired) electrons. The van der Waals surface area contributed by atoms with Gasteiger partial charge in [-0.25, -0.2) is 24.3 Å². The number of hydrogen-bond acceptors (Lipinski definition) is 1. The predicted octanol–water partition coefficient (Wildman–Crippen LogP) is 3.43. The predicted molar refractivity (Wildman–Crippen MR) is 63.9 cm³/mol. The second-order valence-corrected chi connectivity index (χ2v) is 3.76. The van der Waals surface area contributed by atoms with Crippen LogP contribution in [0.4, 0.5) is 0 Å². The average molecular weight is 258 g/mol. The van der Waals surface area contributed by atoms with Gasteiger partial charge in [0.15, 0.2) is 0 Å². The summed E-state index contributed by atoms with van der Waals surface area (Å²) >= 11 is 0. The molecule has 0 fully saturated rings. The molecule has 0 saturated heterocycles. The van der Waals surface area contributed by atoms with Crippen LogP contribution in [-0.4, -0.2) is 5.11 Å². The van der Waals surface area contributed by atoms with Crippen LogP contribution in [0.3, 0.4) is 0 Å². The van der Waals surface area contributed by atoms with Crippen LogP contribution < -0.4 is 0 Å². The van der Waals surface area contributed by atoms with Gasteiger partial charge in [-0.15, -0.1) is 5.56 Å². The van der Waals surface area contributed by atoms with Crippen molar-refractivity contribution >= 4 is 0 Å². The zero-order chi connectivity index (χ0) is 11.1. The van der Waals surface area contributed by atoms with Crippen molar-refractivity contribution in [1.29, 1.82) is 0 Å². The Balaban J connectivity index is 0.000000318. The van der Waals surface area contributed by atoms with E-state index < -0.39 is 5.60 Å². The summed E-state index contributed by atoms with van der Waals surface area (Å²) < 4.78 is 0. The minimum Gasteiger partial charge on any atom is -0.388 e. The number of hydrogen-bond donors (Lipinski definition) is 1. The van der Waals surface area contributed by atoms with Crippen molar-refractivity contribution in [2.45, 2.75) is 25.9 Å². The van der Waals surface area contributed by atoms with Crippen LogP contribution in [0.1, 0.15) is 25.8 Å². The van der Waals surface area contributed by atoms with Crippen LogP contribution in [0.25, 0.3) is 0 Å². The smallest absolute Gasteiger partial charge is 0.388 e. The van der Waals surface area contributed by atoms with Crippen molar-refractivity contribution in [2.24, 2.45) is 0 Å². The first-order valence-electron chi connectivity index (χ1n) is 5.28. The minimum absolute atomic E-state index is 0. The molecule has 0 spiro atoms. The minimum atomic E-state index is -0.635. The fraction of sp³-hybridized carbons (Fsp3) is 0.286. The molecule has 1 atom stereocenters. The zero-order valence-corrected chi connectivity index (χ0v) is 10.8. The fourth-order valence-electron chi connectivity index (χ4n) is 1.26. The largest absolute Gasteiger partial charge is 2.00 e. The molecule has 0 aliphatic rings. The van der Waals surface area contributed by atoms with E-state index in [0.29, 0.717) is 0 Å². The standard InChI is InChI=1S/C9H13O.C5H5.Fe/c1-3-9(2,10)8-6-4-5-7-8;1-2-4-5-3-1;/h4-7,10H,3H2,1-2H3;1-5H;/q2*-1;+2. The summed E-state index contributed by atoms with van der Waals surface area (Å²) in [6.07, 6.45) is 0.761. The molecule has 2 heteroatoms. The molecule has 0 saturated carbocycles. The Morgan fingerprint density at radius 1 is 1.19 bits per heavy atom. The van der Waals surface area contributed by atoms with Crippen LogP contribution in [0.5, 0.6) is 0 Å². The molecule has 88 valence electrons. The fourth-order valence-corrected chi connectivity index (χ4v) is 1.26. The van der Waals surface area contributed by atoms with E-state index in [1.165, 1.54) is 0 Å². The first-order chi connectivity index (χ1) is 7.17. The molecular weight excluding hydrogens is 240 g/mol. The molecule has 0 aliphatic carbocycles. The van der Waals surface area contributed by atoms with Crippen LogP contribution in [0, 0.1) is 0 Å². The number of rotatable bonds is 2. The summed E-state index contributed by atoms with van der Waals surface area (Å²) in [7, 11) is 0. The second kappa shape index (κ2) is 7.45. The third-order valence-electron chi connectivity index (χ3n) is 2.53. The van der Waals surface area contributed by atoms with Gasteiger partial charge >= 0.3 is 17.1 Å². The summed E-state index contributed by atoms with van der Waals surface area (Å²) in [5.41, 5.74) is 0.374. The van der Waals surface area contributed by atoms with E-state index in [1.54, 1.807) is 0 Å². The van der Waals surface area contributed by atoms with Crippen LogP contribution >= 0.6 is 0 Å². The maximum atomic E-state index is 9.68. The van der Waals surface area contributed by atoms with Gasteiger partial charge in [-0.1, -0.05) is 6.92 Å². The molecule has 1 unspecified atom stereocenters. The Hall–Kier alpha value is -0.821. The van der Waals surface area contributed by atoms with Crippen LogP contribution in [0.15, 0.2) is 54.6 Å². The van der Waals surface area contributed by atoms with E-state index in [1.807, 2.05) is 68.4 Å². The molecule has 0 amide bonds. The second-order valence-electron chi connectivity index (χ2n) is 3.76. The number of aliphatic hydroxyl groups is 1. The van der Waals surface area contributed by atoms with E-state index in [4.69, 9.17) is 0 Å². The molecule has 2 rings (SSSR count). The van der Waals surface area contributed by atoms with Gasteiger partial charge in [0.25, 0.3) is 0 Å². The average Bonchev–Trinajstić information content (AvgIpc) is 2.93. The summed E-state index contributed by atoms with van der Waals surface area (Å²) in [5.74, 6) is 0. The SMILES string of the molecule is CCC(C)(O)c1ccc[cH-]1.[Fe+2].c1cc[cH-]c1. The quantitative estimate of drug-likeness (QED) is 0.646. The monoisotopic (exact) mass is 258 g/mol. The van der Waals surface area contributed by atoms with Crippen molar-refractivity contribution in [3.63, 3.8) is 0 Å². The summed E-state index contributed by atoms with van der Waals surface area (Å²) in [6.45, 7) is 3.81. The summed E-state index contributed by atoms with van der Waals surface area (Å²) in [4.78, 5) is 0. The zero-order valence-electron chi connectivity index (χ0n) is 9.70. The first-order valence-corrected chi connectivity index (χ1v) is 5.28. The molecule has 16 heavy (non-hydrogen) atoms. The van der Waals surface area contributed by atoms with Crippen molar-refractivity contribution in [3.05, 3.63) is 60.2 Å². The molecule has 1 N–H and O–H groups in total. The third-order valence-corrected chi connectivity index (χ3v) is 2.53. The van der Waals surface area contributed by atoms with E-state index in [9.17, 15) is 5.11 Å². The molecule has 0 aromatic heterocycles. The van der Waals surface area contributed by atoms with Gasteiger partial charge in [0.05, 0.1) is 5.60 Å². The third kappa shape index (κ3) is 4.80. The van der Waals surface area contributed by atoms with Gasteiger partial charge in [0.1, 0.15) is 0 Å². The molecule has 2 aromatic carbocycles. The Bertz CT molecular complexity index is 315. The maximum absolute atomic E-state index is 9.68. The first kappa shape index (κ1) is 15.2. The Labute approximate surface area is 108 Å². The van der Waals surface area contributed by atoms with E-state index >= 15 is 0 Å². The van der Waals surface area contributed by atoms with Gasteiger partial charge in [0, 0.05) is 0 Å². The summed E-state index contributed by atoms with van der Waals surface area (Å²) in [6, 6.07) is 17.8. The van der Waals surface area contributed by atoms with Gasteiger partial charge in [-0.3, -0.25) is 0 Å². The molecule has 2 aromatic rings. The van der Waals surface area contributed by atoms with E-state index in [0.717, 1.165) is 12.0 Å². The topological polar surface area (TPSA) is 20.2 Å². The van der Waals surface area contributed by atoms with Crippen LogP contribution in [-0.2, 0) is 22.7 Å². The van der Waals surface area contributed by atoms with E-state index in [2.05, 4.69) is 0 Å². The van der Waals surface area contributed by atoms with Gasteiger partial charge < -0.3 is 5.11 Å². The van der Waals surface area contributed by atoms with Crippen molar-refractivity contribution in [1.82, 2.24) is 0 Å². The van der Waals surface area contributed by atoms with E-state index in [-0.39, 0.29) is 17.1 Å². The Morgan fingerprint density at radius 2 is 1.81 bits per heavy atom. The normalized spacial score (nSPS) is 12.9. The van der Waals surface area contributed by atoms with Crippen LogP contribution in [0.2, 0.25) is 0 Å². The molecule has 0 bridgehead atoms. The van der Waals surface area contributed by atoms with Gasteiger partial charge in [0.2, 0.25) is 0 Å². The van der Waals surface area contributed by atoms with Crippen molar-refractivity contribution in [3.8, 4) is 0 Å². The molecule has 0 heterocycles. The molecular formula is C14H18FeO. The Kier molecular flexibility index (Phi) is 7.07. The summed E-state index contributed by atoms with van der Waals surface area (Å²) in [5, 5.41) is 9.68. The molecule has 1 nitrogen and oxygen atoms in total. The van der Waals surface area contributed by atoms with Crippen molar-refractivity contribution < 1.29 is 22.2 Å². The van der Waals surface area contributed by atoms with Gasteiger partial charge in [-0.2, -0.15) is 30.3 Å². The van der Waals surface area contributed by atoms with Crippen molar-refractivity contribution in [2.75, 3.05) is 0 Å².